The van der Waals surface area contributed by atoms with Crippen molar-refractivity contribution in [2.24, 2.45) is 0 Å². The van der Waals surface area contributed by atoms with Crippen molar-refractivity contribution in [3.05, 3.63) is 96.4 Å². The molecular formula is C20H21N2. The molecule has 2 heteroatoms. The molecule has 2 nitrogen and oxygen atoms in total. The van der Waals surface area contributed by atoms with Crippen LogP contribution in [-0.4, -0.2) is 9.97 Å². The van der Waals surface area contributed by atoms with Gasteiger partial charge in [-0.25, -0.2) is 4.98 Å². The van der Waals surface area contributed by atoms with Gasteiger partial charge in [-0.3, -0.25) is 0 Å². The third kappa shape index (κ3) is 2.96. The van der Waals surface area contributed by atoms with Gasteiger partial charge in [-0.2, -0.15) is 0 Å². The first kappa shape index (κ1) is 14.6. The number of aryl methyl sites for hydroxylation is 2. The van der Waals surface area contributed by atoms with Gasteiger partial charge in [-0.15, -0.1) is 0 Å². The molecule has 1 aromatic heterocycles. The largest absolute Gasteiger partial charge is 0.351 e. The van der Waals surface area contributed by atoms with Crippen LogP contribution in [0.25, 0.3) is 0 Å². The molecule has 0 saturated carbocycles. The van der Waals surface area contributed by atoms with E-state index in [1.165, 1.54) is 16.7 Å². The number of nitrogens with zero attached hydrogens (tertiary/aromatic N) is 1. The van der Waals surface area contributed by atoms with E-state index in [0.717, 1.165) is 18.5 Å². The maximum Gasteiger partial charge on any atom is 0.0923 e. The number of H-pyrrole nitrogens is 1. The van der Waals surface area contributed by atoms with Crippen LogP contribution in [0.2, 0.25) is 0 Å². The van der Waals surface area contributed by atoms with Gasteiger partial charge in [0.1, 0.15) is 0 Å². The third-order valence-corrected chi connectivity index (χ3v) is 4.28. The monoisotopic (exact) mass is 289 g/mol. The number of aromatic amines is 1. The number of rotatable bonds is 5. The lowest BCUT2D eigenvalue weighted by atomic mass is 9.75. The lowest BCUT2D eigenvalue weighted by Gasteiger charge is -2.28. The van der Waals surface area contributed by atoms with Gasteiger partial charge >= 0.3 is 0 Å². The molecule has 1 atom stereocenters. The minimum absolute atomic E-state index is 0.327. The minimum atomic E-state index is -0.327. The fourth-order valence-corrected chi connectivity index (χ4v) is 2.81. The Morgan fingerprint density at radius 2 is 1.77 bits per heavy atom. The van der Waals surface area contributed by atoms with E-state index < -0.39 is 0 Å². The van der Waals surface area contributed by atoms with Gasteiger partial charge in [0.15, 0.2) is 0 Å². The lowest BCUT2D eigenvalue weighted by molar-refractivity contribution is 0.561. The first-order chi connectivity index (χ1) is 10.7. The summed E-state index contributed by atoms with van der Waals surface area (Å²) in [7, 11) is 0. The Hall–Kier alpha value is -2.35. The molecule has 3 rings (SSSR count). The number of nitrogens with one attached hydrogen (secondary N) is 1. The second kappa shape index (κ2) is 6.18. The van der Waals surface area contributed by atoms with Crippen LogP contribution in [-0.2, 0) is 11.8 Å². The van der Waals surface area contributed by atoms with Crippen molar-refractivity contribution in [1.82, 2.24) is 9.97 Å². The molecule has 0 spiro atoms. The van der Waals surface area contributed by atoms with E-state index in [9.17, 15) is 0 Å². The Morgan fingerprint density at radius 1 is 1.05 bits per heavy atom. The molecule has 0 saturated heterocycles. The van der Waals surface area contributed by atoms with Crippen molar-refractivity contribution >= 4 is 0 Å². The van der Waals surface area contributed by atoms with Gasteiger partial charge in [-0.05, 0) is 37.8 Å². The predicted molar refractivity (Wildman–Crippen MR) is 90.7 cm³/mol. The average molecular weight is 289 g/mol. The Bertz CT molecular complexity index is 699. The zero-order valence-electron chi connectivity index (χ0n) is 12.9. The van der Waals surface area contributed by atoms with Gasteiger partial charge in [0.05, 0.1) is 12.0 Å². The van der Waals surface area contributed by atoms with Crippen LogP contribution in [0.4, 0.5) is 0 Å². The maximum absolute atomic E-state index is 4.53. The van der Waals surface area contributed by atoms with E-state index in [-0.39, 0.29) is 5.41 Å². The van der Waals surface area contributed by atoms with E-state index >= 15 is 0 Å². The predicted octanol–water partition coefficient (Wildman–Crippen LogP) is 4.47. The standard InChI is InChI=1S/C20H21N2/c1-16-8-10-17(11-9-16)12-13-20(2,19-14-21-15-22-19)18-6-4-3-5-7-18/h3-11,14-15H,2,12-13H2,1H3,(H,21,22)/t20-/m0/s1. The summed E-state index contributed by atoms with van der Waals surface area (Å²) < 4.78 is 0. The molecule has 1 radical (unpaired) electrons. The van der Waals surface area contributed by atoms with Crippen LogP contribution in [0.5, 0.6) is 0 Å². The summed E-state index contributed by atoms with van der Waals surface area (Å²) in [4.78, 5) is 7.53. The second-order valence-electron chi connectivity index (χ2n) is 5.89. The quantitative estimate of drug-likeness (QED) is 0.737. The molecule has 0 aliphatic rings. The van der Waals surface area contributed by atoms with Crippen LogP contribution >= 0.6 is 0 Å². The SMILES string of the molecule is [CH2][C@](CCc1ccc(C)cc1)(c1ccccc1)c1c[nH]cn1. The van der Waals surface area contributed by atoms with E-state index in [1.54, 1.807) is 6.33 Å². The summed E-state index contributed by atoms with van der Waals surface area (Å²) in [6.07, 6.45) is 5.58. The van der Waals surface area contributed by atoms with Crippen LogP contribution in [0.3, 0.4) is 0 Å². The summed E-state index contributed by atoms with van der Waals surface area (Å²) in [5.41, 5.74) is 4.50. The van der Waals surface area contributed by atoms with Crippen LogP contribution in [0.15, 0.2) is 67.1 Å². The molecule has 2 aromatic carbocycles. The normalized spacial score (nSPS) is 13.7. The molecule has 0 bridgehead atoms. The topological polar surface area (TPSA) is 28.7 Å². The van der Waals surface area contributed by atoms with Crippen LogP contribution in [0.1, 0.15) is 28.8 Å². The Kier molecular flexibility index (Phi) is 4.10. The molecule has 1 N–H and O–H groups in total. The zero-order valence-corrected chi connectivity index (χ0v) is 12.9. The molecule has 0 fully saturated rings. The second-order valence-corrected chi connectivity index (χ2v) is 5.89. The van der Waals surface area contributed by atoms with Crippen LogP contribution < -0.4 is 0 Å². The number of imidazole rings is 1. The highest BCUT2D eigenvalue weighted by Gasteiger charge is 2.30. The molecule has 0 aliphatic heterocycles. The first-order valence-corrected chi connectivity index (χ1v) is 7.64. The molecule has 111 valence electrons. The van der Waals surface area contributed by atoms with Gasteiger partial charge in [-0.1, -0.05) is 60.2 Å². The van der Waals surface area contributed by atoms with Gasteiger partial charge in [0.25, 0.3) is 0 Å². The van der Waals surface area contributed by atoms with Gasteiger partial charge in [0, 0.05) is 11.6 Å². The van der Waals surface area contributed by atoms with E-state index in [0.29, 0.717) is 0 Å². The molecule has 0 amide bonds. The molecule has 0 aliphatic carbocycles. The Labute approximate surface area is 132 Å². The van der Waals surface area contributed by atoms with Crippen molar-refractivity contribution in [2.45, 2.75) is 25.2 Å². The summed E-state index contributed by atoms with van der Waals surface area (Å²) in [6.45, 7) is 6.65. The number of aromatic nitrogens is 2. The molecule has 1 heterocycles. The highest BCUT2D eigenvalue weighted by atomic mass is 14.9. The fraction of sp³-hybridized carbons (Fsp3) is 0.200. The molecule has 22 heavy (non-hydrogen) atoms. The van der Waals surface area contributed by atoms with E-state index in [1.807, 2.05) is 12.3 Å². The number of hydrogen-bond acceptors (Lipinski definition) is 1. The summed E-state index contributed by atoms with van der Waals surface area (Å²) in [5.74, 6) is 0. The first-order valence-electron chi connectivity index (χ1n) is 7.64. The van der Waals surface area contributed by atoms with Gasteiger partial charge in [0.2, 0.25) is 0 Å². The van der Waals surface area contributed by atoms with Crippen LogP contribution in [0, 0.1) is 13.8 Å². The maximum atomic E-state index is 4.53. The van der Waals surface area contributed by atoms with E-state index in [2.05, 4.69) is 72.3 Å². The van der Waals surface area contributed by atoms with Crippen molar-refractivity contribution in [3.63, 3.8) is 0 Å². The highest BCUT2D eigenvalue weighted by Crippen LogP contribution is 2.34. The Morgan fingerprint density at radius 3 is 2.41 bits per heavy atom. The fourth-order valence-electron chi connectivity index (χ4n) is 2.81. The smallest absolute Gasteiger partial charge is 0.0923 e. The molecular weight excluding hydrogens is 268 g/mol. The van der Waals surface area contributed by atoms with Crippen molar-refractivity contribution in [1.29, 1.82) is 0 Å². The molecule has 3 aromatic rings. The van der Waals surface area contributed by atoms with E-state index in [4.69, 9.17) is 0 Å². The average Bonchev–Trinajstić information content (AvgIpc) is 3.10. The number of benzene rings is 2. The molecule has 0 unspecified atom stereocenters. The van der Waals surface area contributed by atoms with Crippen molar-refractivity contribution < 1.29 is 0 Å². The third-order valence-electron chi connectivity index (χ3n) is 4.28. The Balaban J connectivity index is 1.88. The number of hydrogen-bond donors (Lipinski definition) is 1. The summed E-state index contributed by atoms with van der Waals surface area (Å²) in [6, 6.07) is 19.2. The highest BCUT2D eigenvalue weighted by molar-refractivity contribution is 5.37. The lowest BCUT2D eigenvalue weighted by Crippen LogP contribution is -2.25. The summed E-state index contributed by atoms with van der Waals surface area (Å²) >= 11 is 0. The summed E-state index contributed by atoms with van der Waals surface area (Å²) in [5, 5.41) is 0. The van der Waals surface area contributed by atoms with Crippen molar-refractivity contribution in [2.75, 3.05) is 0 Å². The van der Waals surface area contributed by atoms with Crippen molar-refractivity contribution in [3.8, 4) is 0 Å². The zero-order chi connectivity index (χ0) is 15.4. The minimum Gasteiger partial charge on any atom is -0.351 e. The van der Waals surface area contributed by atoms with Gasteiger partial charge < -0.3 is 4.98 Å².